The molecule has 7 nitrogen and oxygen atoms in total. The summed E-state index contributed by atoms with van der Waals surface area (Å²) in [6.45, 7) is 0.455. The van der Waals surface area contributed by atoms with Crippen molar-refractivity contribution in [1.82, 2.24) is 4.90 Å². The molecule has 1 unspecified atom stereocenters. The molecule has 156 valence electrons. The van der Waals surface area contributed by atoms with Gasteiger partial charge in [-0.25, -0.2) is 8.42 Å². The number of methoxy groups -OCH3 is 3. The molecule has 1 heterocycles. The third kappa shape index (κ3) is 4.17. The molecule has 0 aliphatic carbocycles. The van der Waals surface area contributed by atoms with Crippen LogP contribution in [0.1, 0.15) is 27.6 Å². The zero-order valence-electron chi connectivity index (χ0n) is 16.8. The molecule has 2 aromatic rings. The van der Waals surface area contributed by atoms with Crippen LogP contribution in [0.15, 0.2) is 42.5 Å². The Bertz CT molecular complexity index is 974. The molecule has 1 amide bonds. The number of hydrogen-bond acceptors (Lipinski definition) is 6. The highest BCUT2D eigenvalue weighted by Crippen LogP contribution is 2.40. The van der Waals surface area contributed by atoms with E-state index in [1.54, 1.807) is 17.0 Å². The first-order valence-electron chi connectivity index (χ1n) is 9.27. The summed E-state index contributed by atoms with van der Waals surface area (Å²) in [7, 11) is 1.05. The number of sulfone groups is 1. The van der Waals surface area contributed by atoms with E-state index in [1.807, 2.05) is 30.3 Å². The van der Waals surface area contributed by atoms with Crippen LogP contribution >= 0.6 is 0 Å². The summed E-state index contributed by atoms with van der Waals surface area (Å²) >= 11 is 0. The molecule has 2 aromatic carbocycles. The summed E-state index contributed by atoms with van der Waals surface area (Å²) in [6.07, 6.45) is 0.341. The van der Waals surface area contributed by atoms with E-state index in [-0.39, 0.29) is 24.0 Å². The van der Waals surface area contributed by atoms with Gasteiger partial charge < -0.3 is 19.1 Å². The molecule has 1 aliphatic heterocycles. The Kier molecular flexibility index (Phi) is 6.32. The molecular weight excluding hydrogens is 394 g/mol. The number of carbonyl (C=O) groups excluding carboxylic acids is 1. The van der Waals surface area contributed by atoms with E-state index in [4.69, 9.17) is 14.2 Å². The quantitative estimate of drug-likeness (QED) is 0.741. The summed E-state index contributed by atoms with van der Waals surface area (Å²) in [5, 5.41) is -0.617. The number of nitrogens with zero attached hydrogens (tertiary/aromatic N) is 1. The molecule has 1 saturated heterocycles. The van der Waals surface area contributed by atoms with Gasteiger partial charge in [0.25, 0.3) is 5.91 Å². The second kappa shape index (κ2) is 8.73. The van der Waals surface area contributed by atoms with Crippen molar-refractivity contribution < 1.29 is 27.4 Å². The Morgan fingerprint density at radius 2 is 1.62 bits per heavy atom. The smallest absolute Gasteiger partial charge is 0.257 e. The zero-order valence-corrected chi connectivity index (χ0v) is 17.6. The Labute approximate surface area is 171 Å². The number of hydrogen-bond donors (Lipinski definition) is 0. The van der Waals surface area contributed by atoms with Gasteiger partial charge in [0.05, 0.1) is 37.9 Å². The Balaban J connectivity index is 1.90. The van der Waals surface area contributed by atoms with Crippen LogP contribution < -0.4 is 14.2 Å². The normalized spacial score (nSPS) is 18.6. The number of ether oxygens (including phenoxy) is 3. The fourth-order valence-electron chi connectivity index (χ4n) is 3.63. The molecule has 0 saturated carbocycles. The highest BCUT2D eigenvalue weighted by atomic mass is 32.2. The molecular formula is C21H25NO6S. The fraction of sp³-hybridized carbons (Fsp3) is 0.381. The summed E-state index contributed by atoms with van der Waals surface area (Å²) < 4.78 is 41.7. The monoisotopic (exact) mass is 419 g/mol. The van der Waals surface area contributed by atoms with Gasteiger partial charge in [-0.05, 0) is 24.1 Å². The second-order valence-corrected chi connectivity index (χ2v) is 9.03. The molecule has 8 heteroatoms. The predicted octanol–water partition coefficient (Wildman–Crippen LogP) is 2.71. The topological polar surface area (TPSA) is 82.1 Å². The van der Waals surface area contributed by atoms with Crippen LogP contribution in [0.2, 0.25) is 0 Å². The number of rotatable bonds is 5. The first-order valence-corrected chi connectivity index (χ1v) is 11.0. The van der Waals surface area contributed by atoms with Crippen molar-refractivity contribution in [2.45, 2.75) is 11.7 Å². The van der Waals surface area contributed by atoms with Crippen molar-refractivity contribution in [2.24, 2.45) is 0 Å². The largest absolute Gasteiger partial charge is 0.493 e. The standard InChI is InChI=1S/C21H25NO6S/c1-26-17-10-9-16(19(27-2)20(17)28-3)21(23)22-12-11-18(29(24,25)14-13-22)15-7-5-4-6-8-15/h4-10,18H,11-14H2,1-3H3. The van der Waals surface area contributed by atoms with E-state index in [1.165, 1.54) is 21.3 Å². The highest BCUT2D eigenvalue weighted by molar-refractivity contribution is 7.91. The van der Waals surface area contributed by atoms with Crippen molar-refractivity contribution in [1.29, 1.82) is 0 Å². The second-order valence-electron chi connectivity index (χ2n) is 6.73. The van der Waals surface area contributed by atoms with Gasteiger partial charge in [0.15, 0.2) is 21.3 Å². The lowest BCUT2D eigenvalue weighted by Crippen LogP contribution is -2.33. The molecule has 1 atom stereocenters. The molecule has 0 N–H and O–H groups in total. The van der Waals surface area contributed by atoms with Crippen molar-refractivity contribution in [2.75, 3.05) is 40.2 Å². The maximum absolute atomic E-state index is 13.2. The highest BCUT2D eigenvalue weighted by Gasteiger charge is 2.34. The average Bonchev–Trinajstić information content (AvgIpc) is 2.90. The molecule has 29 heavy (non-hydrogen) atoms. The van der Waals surface area contributed by atoms with Crippen LogP contribution in [-0.4, -0.2) is 59.4 Å². The van der Waals surface area contributed by atoms with Crippen molar-refractivity contribution in [3.63, 3.8) is 0 Å². The molecule has 3 rings (SSSR count). The number of carbonyl (C=O) groups is 1. The van der Waals surface area contributed by atoms with Gasteiger partial charge in [-0.3, -0.25) is 4.79 Å². The summed E-state index contributed by atoms with van der Waals surface area (Å²) in [5.74, 6) is 0.651. The Morgan fingerprint density at radius 1 is 0.931 bits per heavy atom. The minimum Gasteiger partial charge on any atom is -0.493 e. The average molecular weight is 419 g/mol. The molecule has 0 aromatic heterocycles. The van der Waals surface area contributed by atoms with Crippen molar-refractivity contribution >= 4 is 15.7 Å². The van der Waals surface area contributed by atoms with Gasteiger partial charge >= 0.3 is 0 Å². The maximum Gasteiger partial charge on any atom is 0.257 e. The lowest BCUT2D eigenvalue weighted by molar-refractivity contribution is 0.0762. The maximum atomic E-state index is 13.2. The van der Waals surface area contributed by atoms with Crippen LogP contribution in [0.25, 0.3) is 0 Å². The molecule has 0 spiro atoms. The SMILES string of the molecule is COc1ccc(C(=O)N2CCC(c3ccccc3)S(=O)(=O)CC2)c(OC)c1OC. The minimum atomic E-state index is -3.37. The van der Waals surface area contributed by atoms with Crippen LogP contribution in [-0.2, 0) is 9.84 Å². The van der Waals surface area contributed by atoms with E-state index in [0.29, 0.717) is 30.0 Å². The van der Waals surface area contributed by atoms with E-state index < -0.39 is 15.1 Å². The predicted molar refractivity (Wildman–Crippen MR) is 110 cm³/mol. The van der Waals surface area contributed by atoms with E-state index >= 15 is 0 Å². The van der Waals surface area contributed by atoms with Gasteiger partial charge in [0, 0.05) is 13.1 Å². The third-order valence-electron chi connectivity index (χ3n) is 5.13. The van der Waals surface area contributed by atoms with E-state index in [9.17, 15) is 13.2 Å². The van der Waals surface area contributed by atoms with Gasteiger partial charge in [0.2, 0.25) is 5.75 Å². The number of benzene rings is 2. The lowest BCUT2D eigenvalue weighted by atomic mass is 10.1. The molecule has 1 aliphatic rings. The van der Waals surface area contributed by atoms with Crippen molar-refractivity contribution in [3.05, 3.63) is 53.6 Å². The van der Waals surface area contributed by atoms with E-state index in [2.05, 4.69) is 0 Å². The van der Waals surface area contributed by atoms with Gasteiger partial charge in [0.1, 0.15) is 0 Å². The number of amides is 1. The first kappa shape index (κ1) is 21.0. The minimum absolute atomic E-state index is 0.0894. The van der Waals surface area contributed by atoms with Crippen LogP contribution in [0, 0.1) is 0 Å². The van der Waals surface area contributed by atoms with Crippen LogP contribution in [0.3, 0.4) is 0 Å². The summed E-state index contributed by atoms with van der Waals surface area (Å²) in [4.78, 5) is 14.8. The van der Waals surface area contributed by atoms with Gasteiger partial charge in [-0.15, -0.1) is 0 Å². The van der Waals surface area contributed by atoms with Crippen LogP contribution in [0.4, 0.5) is 0 Å². The lowest BCUT2D eigenvalue weighted by Gasteiger charge is -2.22. The zero-order chi connectivity index (χ0) is 21.0. The van der Waals surface area contributed by atoms with Crippen molar-refractivity contribution in [3.8, 4) is 17.2 Å². The van der Waals surface area contributed by atoms with Gasteiger partial charge in [-0.2, -0.15) is 0 Å². The Hall–Kier alpha value is -2.74. The van der Waals surface area contributed by atoms with E-state index in [0.717, 1.165) is 5.56 Å². The summed E-state index contributed by atoms with van der Waals surface area (Å²) in [6, 6.07) is 12.4. The van der Waals surface area contributed by atoms with Crippen LogP contribution in [0.5, 0.6) is 17.2 Å². The third-order valence-corrected chi connectivity index (χ3v) is 7.26. The molecule has 1 fully saturated rings. The summed E-state index contributed by atoms with van der Waals surface area (Å²) in [5.41, 5.74) is 1.06. The Morgan fingerprint density at radius 3 is 2.24 bits per heavy atom. The fourth-order valence-corrected chi connectivity index (χ4v) is 5.42. The molecule has 0 radical (unpaired) electrons. The first-order chi connectivity index (χ1) is 13.9. The van der Waals surface area contributed by atoms with Gasteiger partial charge in [-0.1, -0.05) is 30.3 Å². The molecule has 0 bridgehead atoms.